The maximum atomic E-state index is 12.2. The molecule has 4 fully saturated rings. The van der Waals surface area contributed by atoms with Gasteiger partial charge in [0.05, 0.1) is 0 Å². The predicted octanol–water partition coefficient (Wildman–Crippen LogP) is 4.76. The van der Waals surface area contributed by atoms with Crippen LogP contribution in [-0.2, 0) is 38.1 Å². The molecule has 0 N–H and O–H groups in total. The highest BCUT2D eigenvalue weighted by Gasteiger charge is 2.67. The quantitative estimate of drug-likeness (QED) is 0.0604. The summed E-state index contributed by atoms with van der Waals surface area (Å²) in [6.07, 6.45) is 10.6. The van der Waals surface area contributed by atoms with Crippen molar-refractivity contribution < 1.29 is 38.1 Å². The molecule has 230 valence electrons. The van der Waals surface area contributed by atoms with Crippen molar-refractivity contribution in [1.29, 1.82) is 0 Å². The summed E-state index contributed by atoms with van der Waals surface area (Å²) in [6, 6.07) is 0. The Bertz CT molecular complexity index is 1120. The Morgan fingerprint density at radius 2 is 1.86 bits per heavy atom. The molecule has 0 unspecified atom stereocenters. The molecule has 4 aliphatic carbocycles. The molecule has 0 saturated heterocycles. The van der Waals surface area contributed by atoms with E-state index in [1.54, 1.807) is 0 Å². The van der Waals surface area contributed by atoms with Crippen LogP contribution in [0.5, 0.6) is 0 Å². The highest BCUT2D eigenvalue weighted by molar-refractivity contribution is 5.72. The van der Waals surface area contributed by atoms with Crippen molar-refractivity contribution in [2.75, 3.05) is 13.2 Å². The van der Waals surface area contributed by atoms with Crippen molar-refractivity contribution in [3.05, 3.63) is 10.4 Å². The second kappa shape index (κ2) is 13.4. The summed E-state index contributed by atoms with van der Waals surface area (Å²) in [5, 5.41) is 3.31. The number of terminal acetylenes is 1. The zero-order valence-corrected chi connectivity index (χ0v) is 24.8. The van der Waals surface area contributed by atoms with Gasteiger partial charge in [0, 0.05) is 22.7 Å². The Morgan fingerprint density at radius 1 is 1.10 bits per heavy atom. The number of rotatable bonds is 12. The van der Waals surface area contributed by atoms with Crippen LogP contribution in [0.3, 0.4) is 0 Å². The van der Waals surface area contributed by atoms with Crippen molar-refractivity contribution in [3.63, 3.8) is 0 Å². The summed E-state index contributed by atoms with van der Waals surface area (Å²) in [5.41, 5.74) is 8.06. The number of fused-ring (bicyclic) bond motifs is 5. The third kappa shape index (κ3) is 5.96. The van der Waals surface area contributed by atoms with Crippen molar-refractivity contribution in [3.8, 4) is 12.3 Å². The van der Waals surface area contributed by atoms with Gasteiger partial charge in [-0.1, -0.05) is 31.8 Å². The summed E-state index contributed by atoms with van der Waals surface area (Å²) >= 11 is 0. The van der Waals surface area contributed by atoms with Gasteiger partial charge in [0.2, 0.25) is 0 Å². The van der Waals surface area contributed by atoms with Gasteiger partial charge in [0.15, 0.2) is 6.61 Å². The van der Waals surface area contributed by atoms with Crippen LogP contribution in [0.2, 0.25) is 0 Å². The topological polar surface area (TPSA) is 154 Å². The first-order valence-corrected chi connectivity index (χ1v) is 15.1. The van der Waals surface area contributed by atoms with Crippen molar-refractivity contribution in [2.45, 2.75) is 96.9 Å². The third-order valence-electron chi connectivity index (χ3n) is 11.6. The highest BCUT2D eigenvalue weighted by atomic mass is 16.5. The molecule has 42 heavy (non-hydrogen) atoms. The number of azide groups is 1. The van der Waals surface area contributed by atoms with Crippen LogP contribution < -0.4 is 0 Å². The van der Waals surface area contributed by atoms with E-state index >= 15 is 0 Å². The van der Waals surface area contributed by atoms with Gasteiger partial charge >= 0.3 is 11.9 Å². The van der Waals surface area contributed by atoms with Gasteiger partial charge in [-0.15, -0.1) is 6.42 Å². The molecule has 0 radical (unpaired) electrons. The largest absolute Gasteiger partial charge is 0.464 e. The molecular weight excluding hydrogens is 542 g/mol. The Hall–Kier alpha value is -3.25. The van der Waals surface area contributed by atoms with Gasteiger partial charge in [-0.05, 0) is 91.9 Å². The second-order valence-electron chi connectivity index (χ2n) is 13.2. The van der Waals surface area contributed by atoms with Gasteiger partial charge in [-0.3, -0.25) is 19.2 Å². The minimum Gasteiger partial charge on any atom is -0.464 e. The molecule has 0 bridgehead atoms. The predicted molar refractivity (Wildman–Crippen MR) is 150 cm³/mol. The zero-order valence-electron chi connectivity index (χ0n) is 24.8. The van der Waals surface area contributed by atoms with Gasteiger partial charge in [-0.25, -0.2) is 0 Å². The van der Waals surface area contributed by atoms with Crippen molar-refractivity contribution in [1.82, 2.24) is 0 Å². The zero-order chi connectivity index (χ0) is 30.5. The first-order valence-electron chi connectivity index (χ1n) is 15.1. The second-order valence-corrected chi connectivity index (χ2v) is 13.2. The number of esters is 2. The van der Waals surface area contributed by atoms with Crippen LogP contribution in [0.15, 0.2) is 5.11 Å². The molecule has 0 aliphatic heterocycles. The summed E-state index contributed by atoms with van der Waals surface area (Å²) in [4.78, 5) is 50.6. The number of hydrogen-bond acceptors (Lipinski definition) is 9. The molecular formula is C31H43N3O8. The summed E-state index contributed by atoms with van der Waals surface area (Å²) < 4.78 is 22.5. The molecule has 4 saturated carbocycles. The number of carbonyl (C=O) groups is 4. The van der Waals surface area contributed by atoms with E-state index in [2.05, 4.69) is 36.7 Å². The first kappa shape index (κ1) is 31.7. The minimum atomic E-state index is -0.543. The fraction of sp³-hybridized carbons (Fsp3) is 0.806. The maximum Gasteiger partial charge on any atom is 0.311 e. The van der Waals surface area contributed by atoms with Crippen LogP contribution in [0.4, 0.5) is 0 Å². The Labute approximate surface area is 247 Å². The molecule has 0 spiro atoms. The molecule has 0 aromatic heterocycles. The average Bonchev–Trinajstić information content (AvgIpc) is 3.33. The molecule has 0 heterocycles. The van der Waals surface area contributed by atoms with E-state index in [0.717, 1.165) is 19.3 Å². The van der Waals surface area contributed by atoms with Crippen LogP contribution in [0.1, 0.15) is 78.6 Å². The Balaban J connectivity index is 1.58. The molecule has 0 amide bonds. The van der Waals surface area contributed by atoms with E-state index in [1.807, 2.05) is 0 Å². The number of nitrogens with zero attached hydrogens (tertiary/aromatic N) is 3. The van der Waals surface area contributed by atoms with Crippen LogP contribution in [0, 0.1) is 58.7 Å². The number of carbonyl (C=O) groups excluding carboxylic acids is 4. The lowest BCUT2D eigenvalue weighted by atomic mass is 9.43. The fourth-order valence-corrected chi connectivity index (χ4v) is 9.71. The van der Waals surface area contributed by atoms with E-state index in [-0.39, 0.29) is 90.2 Å². The Morgan fingerprint density at radius 3 is 2.55 bits per heavy atom. The molecule has 11 nitrogen and oxygen atoms in total. The molecule has 4 rings (SSSR count). The highest BCUT2D eigenvalue weighted by Crippen LogP contribution is 2.69. The lowest BCUT2D eigenvalue weighted by Crippen LogP contribution is -2.63. The SMILES string of the molecule is C#CCOC(=O)CC[C@@H](C)[C@H]1CC[C@H]2[C@@H]3[C@H](OC=O)C[C@@H]4C[C@H](OC(=O)CN=[N+]=[N-])CC[C@]4(C)[C@H]3C[C@H](OC=O)[C@]12C. The molecule has 11 atom stereocenters. The van der Waals surface area contributed by atoms with Gasteiger partial charge in [-0.2, -0.15) is 0 Å². The van der Waals surface area contributed by atoms with Gasteiger partial charge in [0.25, 0.3) is 12.9 Å². The summed E-state index contributed by atoms with van der Waals surface area (Å²) in [7, 11) is 0. The first-order chi connectivity index (χ1) is 20.1. The average molecular weight is 586 g/mol. The number of hydrogen-bond donors (Lipinski definition) is 0. The van der Waals surface area contributed by atoms with Gasteiger partial charge in [0.1, 0.15) is 24.9 Å². The Kier molecular flexibility index (Phi) is 10.1. The maximum absolute atomic E-state index is 12.2. The van der Waals surface area contributed by atoms with E-state index in [9.17, 15) is 19.2 Å². The molecule has 11 heteroatoms. The fourth-order valence-electron chi connectivity index (χ4n) is 9.71. The third-order valence-corrected chi connectivity index (χ3v) is 11.6. The minimum absolute atomic E-state index is 0.0362. The summed E-state index contributed by atoms with van der Waals surface area (Å²) in [6.45, 7) is 7.40. The molecule has 0 aromatic carbocycles. The molecule has 4 aliphatic rings. The van der Waals surface area contributed by atoms with Gasteiger partial charge < -0.3 is 18.9 Å². The standard InChI is InChI=1S/C31H43N3O8/c1-5-12-39-27(37)9-6-19(2)22-7-8-23-29-24(15-26(41-18-36)31(22,23)4)30(3)11-10-21(42-28(38)16-33-34-32)13-20(30)14-25(29)40-17-35/h1,17-26,29H,6-16H2,2-4H3/t19-,20+,21-,22-,23+,24+,25-,26+,29+,30+,31-/m1/s1. The van der Waals surface area contributed by atoms with E-state index in [4.69, 9.17) is 30.9 Å². The van der Waals surface area contributed by atoms with E-state index in [1.165, 1.54) is 0 Å². The van der Waals surface area contributed by atoms with Crippen LogP contribution in [-0.4, -0.2) is 56.3 Å². The smallest absolute Gasteiger partial charge is 0.311 e. The van der Waals surface area contributed by atoms with Crippen LogP contribution >= 0.6 is 0 Å². The van der Waals surface area contributed by atoms with E-state index < -0.39 is 5.97 Å². The molecule has 0 aromatic rings. The van der Waals surface area contributed by atoms with Crippen molar-refractivity contribution >= 4 is 24.9 Å². The lowest BCUT2D eigenvalue weighted by molar-refractivity contribution is -0.219. The lowest BCUT2D eigenvalue weighted by Gasteiger charge is -2.64. The monoisotopic (exact) mass is 585 g/mol. The number of ether oxygens (including phenoxy) is 4. The van der Waals surface area contributed by atoms with Crippen LogP contribution in [0.25, 0.3) is 10.4 Å². The van der Waals surface area contributed by atoms with E-state index in [0.29, 0.717) is 45.0 Å². The summed E-state index contributed by atoms with van der Waals surface area (Å²) in [5.74, 6) is 2.42. The normalized spacial score (nSPS) is 39.0. The van der Waals surface area contributed by atoms with Crippen molar-refractivity contribution in [2.24, 2.45) is 51.5 Å².